The smallest absolute Gasteiger partial charge is 0.0360 e. The van der Waals surface area contributed by atoms with Gasteiger partial charge in [0.2, 0.25) is 0 Å². The van der Waals surface area contributed by atoms with Crippen LogP contribution < -0.4 is 0 Å². The van der Waals surface area contributed by atoms with Crippen molar-refractivity contribution in [3.63, 3.8) is 0 Å². The zero-order chi connectivity index (χ0) is 16.8. The normalized spacial score (nSPS) is 24.6. The van der Waals surface area contributed by atoms with Crippen LogP contribution in [0.3, 0.4) is 0 Å². The molecule has 2 aliphatic heterocycles. The second-order valence-corrected chi connectivity index (χ2v) is 6.85. The van der Waals surface area contributed by atoms with Gasteiger partial charge in [-0.25, -0.2) is 0 Å². The lowest BCUT2D eigenvalue weighted by atomic mass is 10.1. The summed E-state index contributed by atoms with van der Waals surface area (Å²) in [5.41, 5.74) is 2.72. The average molecular weight is 326 g/mol. The van der Waals surface area contributed by atoms with E-state index in [0.717, 1.165) is 0 Å². The molecule has 0 spiro atoms. The first-order valence-electron chi connectivity index (χ1n) is 8.96. The molecule has 0 amide bonds. The topological polar surface area (TPSA) is 32.3 Å². The van der Waals surface area contributed by atoms with Crippen molar-refractivity contribution in [2.75, 3.05) is 27.2 Å². The molecule has 0 aromatic carbocycles. The molecule has 24 heavy (non-hydrogen) atoms. The third-order valence-electron chi connectivity index (χ3n) is 5.18. The minimum absolute atomic E-state index is 0. The highest BCUT2D eigenvalue weighted by molar-refractivity contribution is 5.15. The zero-order valence-corrected chi connectivity index (χ0v) is 14.8. The maximum Gasteiger partial charge on any atom is 0.0360 e. The fourth-order valence-corrected chi connectivity index (χ4v) is 3.81. The Morgan fingerprint density at radius 2 is 1.29 bits per heavy atom. The van der Waals surface area contributed by atoms with Crippen LogP contribution in [0.5, 0.6) is 0 Å². The molecular formula is C20H30N4. The molecule has 0 saturated carbocycles. The summed E-state index contributed by atoms with van der Waals surface area (Å²) in [5, 5.41) is 0. The van der Waals surface area contributed by atoms with Crippen molar-refractivity contribution in [1.82, 2.24) is 19.8 Å². The Kier molecular flexibility index (Phi) is 5.94. The maximum atomic E-state index is 4.14. The third-order valence-corrected chi connectivity index (χ3v) is 5.18. The van der Waals surface area contributed by atoms with E-state index in [2.05, 4.69) is 46.0 Å². The summed E-state index contributed by atoms with van der Waals surface area (Å²) in [7, 11) is 4.37. The van der Waals surface area contributed by atoms with E-state index in [0.29, 0.717) is 12.1 Å². The minimum atomic E-state index is 0. The maximum absolute atomic E-state index is 4.14. The molecule has 4 heteroatoms. The summed E-state index contributed by atoms with van der Waals surface area (Å²) in [6.07, 6.45) is 12.8. The second kappa shape index (κ2) is 8.36. The Labute approximate surface area is 147 Å². The van der Waals surface area contributed by atoms with Crippen LogP contribution in [0.4, 0.5) is 0 Å². The van der Waals surface area contributed by atoms with Crippen molar-refractivity contribution < 1.29 is 1.43 Å². The van der Waals surface area contributed by atoms with Crippen molar-refractivity contribution in [1.29, 1.82) is 0 Å². The van der Waals surface area contributed by atoms with Gasteiger partial charge >= 0.3 is 0 Å². The highest BCUT2D eigenvalue weighted by Gasteiger charge is 2.22. The van der Waals surface area contributed by atoms with Gasteiger partial charge in [-0.2, -0.15) is 0 Å². The Balaban J connectivity index is 0.000000173. The molecule has 2 atom stereocenters. The van der Waals surface area contributed by atoms with Gasteiger partial charge in [0.1, 0.15) is 0 Å². The molecule has 0 bridgehead atoms. The van der Waals surface area contributed by atoms with Crippen molar-refractivity contribution in [3.8, 4) is 0 Å². The summed E-state index contributed by atoms with van der Waals surface area (Å²) in [6, 6.07) is 9.58. The largest absolute Gasteiger partial charge is 0.299 e. The molecule has 130 valence electrons. The molecule has 4 nitrogen and oxygen atoms in total. The summed E-state index contributed by atoms with van der Waals surface area (Å²) in [4.78, 5) is 13.1. The van der Waals surface area contributed by atoms with E-state index < -0.39 is 0 Å². The van der Waals surface area contributed by atoms with Crippen LogP contribution in [0.1, 0.15) is 50.3 Å². The fraction of sp³-hybridized carbons (Fsp3) is 0.500. The van der Waals surface area contributed by atoms with Crippen LogP contribution in [0, 0.1) is 0 Å². The average Bonchev–Trinajstić information content (AvgIpc) is 3.25. The third kappa shape index (κ3) is 4.19. The van der Waals surface area contributed by atoms with Gasteiger partial charge in [0.05, 0.1) is 0 Å². The number of rotatable bonds is 2. The second-order valence-electron chi connectivity index (χ2n) is 6.85. The predicted molar refractivity (Wildman–Crippen MR) is 99.8 cm³/mol. The van der Waals surface area contributed by atoms with E-state index in [9.17, 15) is 0 Å². The van der Waals surface area contributed by atoms with Gasteiger partial charge < -0.3 is 0 Å². The van der Waals surface area contributed by atoms with E-state index in [1.165, 1.54) is 49.9 Å². The minimum Gasteiger partial charge on any atom is -0.299 e. The number of nitrogens with zero attached hydrogens (tertiary/aromatic N) is 4. The predicted octanol–water partition coefficient (Wildman–Crippen LogP) is 3.94. The van der Waals surface area contributed by atoms with Crippen LogP contribution >= 0.6 is 0 Å². The van der Waals surface area contributed by atoms with E-state index >= 15 is 0 Å². The van der Waals surface area contributed by atoms with Gasteiger partial charge in [-0.05, 0) is 76.1 Å². The molecule has 2 unspecified atom stereocenters. The number of pyridine rings is 2. The van der Waals surface area contributed by atoms with Gasteiger partial charge in [-0.3, -0.25) is 19.8 Å². The summed E-state index contributed by atoms with van der Waals surface area (Å²) in [6.45, 7) is 2.44. The van der Waals surface area contributed by atoms with E-state index in [-0.39, 0.29) is 1.43 Å². The van der Waals surface area contributed by atoms with Crippen LogP contribution in [-0.2, 0) is 0 Å². The summed E-state index contributed by atoms with van der Waals surface area (Å²) >= 11 is 0. The zero-order valence-electron chi connectivity index (χ0n) is 14.8. The van der Waals surface area contributed by atoms with Crippen molar-refractivity contribution in [2.24, 2.45) is 0 Å². The number of hydrogen-bond acceptors (Lipinski definition) is 4. The van der Waals surface area contributed by atoms with Crippen LogP contribution in [0.15, 0.2) is 49.1 Å². The van der Waals surface area contributed by atoms with E-state index in [1.54, 1.807) is 0 Å². The molecule has 4 rings (SSSR count). The Hall–Kier alpha value is -1.78. The molecule has 0 radical (unpaired) electrons. The fourth-order valence-electron chi connectivity index (χ4n) is 3.81. The molecular weight excluding hydrogens is 296 g/mol. The quantitative estimate of drug-likeness (QED) is 0.836. The lowest BCUT2D eigenvalue weighted by Crippen LogP contribution is -2.17. The Morgan fingerprint density at radius 3 is 1.58 bits per heavy atom. The highest BCUT2D eigenvalue weighted by Crippen LogP contribution is 2.30. The summed E-state index contributed by atoms with van der Waals surface area (Å²) < 4.78 is 0. The lowest BCUT2D eigenvalue weighted by Gasteiger charge is -2.18. The Morgan fingerprint density at radius 1 is 0.833 bits per heavy atom. The molecule has 2 aliphatic rings. The van der Waals surface area contributed by atoms with Crippen LogP contribution in [0.2, 0.25) is 0 Å². The molecule has 2 saturated heterocycles. The van der Waals surface area contributed by atoms with E-state index in [1.807, 2.05) is 36.9 Å². The van der Waals surface area contributed by atoms with E-state index in [4.69, 9.17) is 0 Å². The van der Waals surface area contributed by atoms with Gasteiger partial charge in [0, 0.05) is 38.3 Å². The molecule has 0 aliphatic carbocycles. The van der Waals surface area contributed by atoms with Crippen LogP contribution in [0.25, 0.3) is 0 Å². The van der Waals surface area contributed by atoms with Gasteiger partial charge in [-0.15, -0.1) is 0 Å². The van der Waals surface area contributed by atoms with Gasteiger partial charge in [0.25, 0.3) is 0 Å². The molecule has 2 fully saturated rings. The first-order valence-corrected chi connectivity index (χ1v) is 8.96. The highest BCUT2D eigenvalue weighted by atomic mass is 15.1. The van der Waals surface area contributed by atoms with Crippen LogP contribution in [-0.4, -0.2) is 47.0 Å². The van der Waals surface area contributed by atoms with Gasteiger partial charge in [-0.1, -0.05) is 12.1 Å². The van der Waals surface area contributed by atoms with Gasteiger partial charge in [0.15, 0.2) is 0 Å². The van der Waals surface area contributed by atoms with Crippen molar-refractivity contribution in [2.45, 2.75) is 37.8 Å². The summed E-state index contributed by atoms with van der Waals surface area (Å²) in [5.74, 6) is 0. The molecule has 2 aromatic heterocycles. The molecule has 2 aromatic rings. The SMILES string of the molecule is CN1CCCC1c1cccnc1.CN1CCCC1c1cccnc1.[HH]. The van der Waals surface area contributed by atoms with Crippen molar-refractivity contribution in [3.05, 3.63) is 60.2 Å². The molecule has 0 N–H and O–H groups in total. The van der Waals surface area contributed by atoms with Crippen molar-refractivity contribution >= 4 is 0 Å². The first kappa shape index (κ1) is 17.1. The number of likely N-dealkylation sites (tertiary alicyclic amines) is 2. The monoisotopic (exact) mass is 326 g/mol. The number of aromatic nitrogens is 2. The standard InChI is InChI=1S/2C10H14N2.H2/c2*1-12-7-3-5-10(12)9-4-2-6-11-8-9;/h2*2,4,6,8,10H,3,5,7H2,1H3;1H. The Bertz CT molecular complexity index is 552. The molecule has 4 heterocycles. The lowest BCUT2D eigenvalue weighted by molar-refractivity contribution is 0.317. The number of hydrogen-bond donors (Lipinski definition) is 0. The first-order chi connectivity index (χ1) is 11.8.